The number of rotatable bonds is 7. The highest BCUT2D eigenvalue weighted by Crippen LogP contribution is 2.45. The molecule has 1 saturated heterocycles. The Balaban J connectivity index is 1.71. The molecule has 39 heavy (non-hydrogen) atoms. The number of aliphatic imine (C=N–C) groups is 1. The van der Waals surface area contributed by atoms with Gasteiger partial charge in [0.1, 0.15) is 17.8 Å². The third-order valence-corrected chi connectivity index (χ3v) is 6.95. The number of benzene rings is 2. The van der Waals surface area contributed by atoms with Crippen LogP contribution in [0.2, 0.25) is 0 Å². The summed E-state index contributed by atoms with van der Waals surface area (Å²) in [5, 5.41) is 9.73. The van der Waals surface area contributed by atoms with Gasteiger partial charge in [-0.15, -0.1) is 0 Å². The topological polar surface area (TPSA) is 121 Å². The molecular weight excluding hydrogens is 508 g/mol. The summed E-state index contributed by atoms with van der Waals surface area (Å²) in [6.45, 7) is 0.959. The van der Waals surface area contributed by atoms with Crippen LogP contribution >= 0.6 is 0 Å². The molecule has 4 rings (SSSR count). The molecule has 2 unspecified atom stereocenters. The number of anilines is 1. The fourth-order valence-corrected chi connectivity index (χ4v) is 5.02. The van der Waals surface area contributed by atoms with Crippen LogP contribution in [0.5, 0.6) is 5.75 Å². The van der Waals surface area contributed by atoms with E-state index >= 15 is 0 Å². The summed E-state index contributed by atoms with van der Waals surface area (Å²) in [7, 11) is 4.62. The van der Waals surface area contributed by atoms with E-state index in [2.05, 4.69) is 4.99 Å². The molecule has 0 radical (unpaired) electrons. The van der Waals surface area contributed by atoms with Crippen molar-refractivity contribution >= 4 is 23.7 Å². The van der Waals surface area contributed by atoms with Crippen LogP contribution in [0.25, 0.3) is 0 Å². The van der Waals surface area contributed by atoms with Gasteiger partial charge in [-0.2, -0.15) is 5.26 Å². The number of methoxy groups -OCH3 is 1. The monoisotopic (exact) mass is 537 g/mol. The molecule has 1 fully saturated rings. The minimum atomic E-state index is -1.69. The fraction of sp³-hybridized carbons (Fsp3) is 0.357. The summed E-state index contributed by atoms with van der Waals surface area (Å²) >= 11 is 0. The Bertz CT molecular complexity index is 1380. The highest BCUT2D eigenvalue weighted by atomic mass is 19.1. The normalized spacial score (nSPS) is 21.2. The van der Waals surface area contributed by atoms with Crippen molar-refractivity contribution in [1.29, 1.82) is 5.26 Å². The number of allylic oxidation sites excluding steroid dienone is 1. The number of ether oxygens (including phenoxy) is 2. The second-order valence-electron chi connectivity index (χ2n) is 9.56. The fourth-order valence-electron chi connectivity index (χ4n) is 5.02. The van der Waals surface area contributed by atoms with Crippen molar-refractivity contribution in [3.8, 4) is 11.8 Å². The van der Waals surface area contributed by atoms with Gasteiger partial charge in [0.2, 0.25) is 11.6 Å². The van der Waals surface area contributed by atoms with E-state index in [0.29, 0.717) is 42.7 Å². The standard InChI is InChI=1S/C28H29F2N5O4/c1-34(2)27(37)17-4-6-23(21(14-17)28(38-3)25(26(32)36)18(16-31)8-11-33-28)35-12-9-20(10-13-35)39-24-7-5-19(29)15-22(24)30/h4-8,11,14-15,20,25H,9-10,12-13H2,1-3H3,(H2,32,36). The Hall–Kier alpha value is -4.30. The molecule has 2 amide bonds. The van der Waals surface area contributed by atoms with Gasteiger partial charge in [-0.1, -0.05) is 0 Å². The van der Waals surface area contributed by atoms with E-state index in [0.717, 1.165) is 12.1 Å². The Morgan fingerprint density at radius 2 is 1.90 bits per heavy atom. The highest BCUT2D eigenvalue weighted by Gasteiger charge is 2.49. The van der Waals surface area contributed by atoms with Crippen molar-refractivity contribution in [2.45, 2.75) is 24.7 Å². The van der Waals surface area contributed by atoms with E-state index in [9.17, 15) is 23.6 Å². The lowest BCUT2D eigenvalue weighted by molar-refractivity contribution is -0.132. The Morgan fingerprint density at radius 3 is 2.49 bits per heavy atom. The maximum Gasteiger partial charge on any atom is 0.253 e. The zero-order valence-electron chi connectivity index (χ0n) is 21.9. The molecule has 2 heterocycles. The molecule has 2 aliphatic heterocycles. The first-order valence-corrected chi connectivity index (χ1v) is 12.3. The van der Waals surface area contributed by atoms with E-state index in [4.69, 9.17) is 15.2 Å². The second kappa shape index (κ2) is 11.2. The van der Waals surface area contributed by atoms with Crippen molar-refractivity contribution in [3.05, 3.63) is 70.8 Å². The minimum Gasteiger partial charge on any atom is -0.487 e. The number of nitriles is 1. The summed E-state index contributed by atoms with van der Waals surface area (Å²) in [6, 6.07) is 10.3. The number of nitrogens with two attached hydrogens (primary N) is 1. The number of hydrogen-bond donors (Lipinski definition) is 1. The molecule has 11 heteroatoms. The number of piperidine rings is 1. The average molecular weight is 538 g/mol. The van der Waals surface area contributed by atoms with Crippen LogP contribution in [0.15, 0.2) is 53.0 Å². The van der Waals surface area contributed by atoms with E-state index in [1.54, 1.807) is 32.3 Å². The third-order valence-electron chi connectivity index (χ3n) is 6.95. The largest absolute Gasteiger partial charge is 0.487 e. The molecule has 0 saturated carbocycles. The van der Waals surface area contributed by atoms with Crippen LogP contribution in [-0.4, -0.2) is 63.3 Å². The highest BCUT2D eigenvalue weighted by molar-refractivity contribution is 5.95. The summed E-state index contributed by atoms with van der Waals surface area (Å²) in [6.07, 6.45) is 3.53. The van der Waals surface area contributed by atoms with Gasteiger partial charge in [0, 0.05) is 81.8 Å². The zero-order valence-corrected chi connectivity index (χ0v) is 21.9. The number of carbonyl (C=O) groups is 2. The second-order valence-corrected chi connectivity index (χ2v) is 9.56. The number of dihydropyridines is 1. The van der Waals surface area contributed by atoms with Gasteiger partial charge in [0.05, 0.1) is 6.07 Å². The van der Waals surface area contributed by atoms with Crippen molar-refractivity contribution in [3.63, 3.8) is 0 Å². The average Bonchev–Trinajstić information content (AvgIpc) is 2.93. The predicted octanol–water partition coefficient (Wildman–Crippen LogP) is 3.15. The summed E-state index contributed by atoms with van der Waals surface area (Å²) in [4.78, 5) is 33.5. The minimum absolute atomic E-state index is 0.0166. The maximum absolute atomic E-state index is 14.1. The van der Waals surface area contributed by atoms with Gasteiger partial charge in [-0.05, 0) is 36.4 Å². The van der Waals surface area contributed by atoms with Crippen LogP contribution in [-0.2, 0) is 15.3 Å². The van der Waals surface area contributed by atoms with Gasteiger partial charge in [-0.25, -0.2) is 8.78 Å². The molecule has 0 aromatic heterocycles. The first-order chi connectivity index (χ1) is 18.6. The number of halogens is 2. The number of carbonyl (C=O) groups excluding carboxylic acids is 2. The van der Waals surface area contributed by atoms with Crippen molar-refractivity contribution in [2.24, 2.45) is 16.6 Å². The predicted molar refractivity (Wildman–Crippen MR) is 140 cm³/mol. The van der Waals surface area contributed by atoms with Gasteiger partial charge < -0.3 is 25.0 Å². The first kappa shape index (κ1) is 27.7. The molecule has 0 spiro atoms. The number of primary amides is 1. The van der Waals surface area contributed by atoms with Crippen LogP contribution in [0, 0.1) is 28.9 Å². The lowest BCUT2D eigenvalue weighted by Crippen LogP contribution is -2.47. The van der Waals surface area contributed by atoms with E-state index < -0.39 is 29.2 Å². The Labute approximate surface area is 225 Å². The number of hydrogen-bond acceptors (Lipinski definition) is 7. The lowest BCUT2D eigenvalue weighted by atomic mass is 9.80. The molecule has 0 bridgehead atoms. The Morgan fingerprint density at radius 1 is 1.18 bits per heavy atom. The molecule has 2 N–H and O–H groups in total. The van der Waals surface area contributed by atoms with Crippen molar-refractivity contribution < 1.29 is 27.8 Å². The maximum atomic E-state index is 14.1. The van der Waals surface area contributed by atoms with Gasteiger partial charge in [0.15, 0.2) is 11.6 Å². The van der Waals surface area contributed by atoms with E-state index in [-0.39, 0.29) is 23.3 Å². The number of amides is 2. The smallest absolute Gasteiger partial charge is 0.253 e. The quantitative estimate of drug-likeness (QED) is 0.579. The van der Waals surface area contributed by atoms with Gasteiger partial charge in [0.25, 0.3) is 5.91 Å². The summed E-state index contributed by atoms with van der Waals surface area (Å²) in [5.41, 5.74) is 5.55. The van der Waals surface area contributed by atoms with Crippen molar-refractivity contribution in [1.82, 2.24) is 4.90 Å². The van der Waals surface area contributed by atoms with E-state index in [1.807, 2.05) is 11.0 Å². The van der Waals surface area contributed by atoms with Crippen LogP contribution in [0.1, 0.15) is 28.8 Å². The molecule has 2 atom stereocenters. The third kappa shape index (κ3) is 5.33. The molecular formula is C28H29F2N5O4. The van der Waals surface area contributed by atoms with Crippen LogP contribution < -0.4 is 15.4 Å². The summed E-state index contributed by atoms with van der Waals surface area (Å²) < 4.78 is 39.1. The number of nitrogens with zero attached hydrogens (tertiary/aromatic N) is 4. The molecule has 0 aliphatic carbocycles. The molecule has 204 valence electrons. The van der Waals surface area contributed by atoms with Crippen molar-refractivity contribution in [2.75, 3.05) is 39.2 Å². The lowest BCUT2D eigenvalue weighted by Gasteiger charge is -2.41. The van der Waals surface area contributed by atoms with Gasteiger partial charge in [-0.3, -0.25) is 14.6 Å². The summed E-state index contributed by atoms with van der Waals surface area (Å²) in [5.74, 6) is -3.77. The molecule has 2 aromatic rings. The van der Waals surface area contributed by atoms with Gasteiger partial charge >= 0.3 is 0 Å². The SMILES string of the molecule is COC1(c2cc(C(=O)N(C)C)ccc2N2CCC(Oc3ccc(F)cc3F)CC2)N=CC=C(C#N)C1C(N)=O. The van der Waals surface area contributed by atoms with Crippen LogP contribution in [0.3, 0.4) is 0 Å². The molecule has 2 aromatic carbocycles. The first-order valence-electron chi connectivity index (χ1n) is 12.3. The van der Waals surface area contributed by atoms with Crippen LogP contribution in [0.4, 0.5) is 14.5 Å². The van der Waals surface area contributed by atoms with E-state index in [1.165, 1.54) is 30.4 Å². The zero-order chi connectivity index (χ0) is 28.3. The Kier molecular flexibility index (Phi) is 7.97. The molecule has 9 nitrogen and oxygen atoms in total. The molecule has 2 aliphatic rings.